The van der Waals surface area contributed by atoms with Crippen LogP contribution in [-0.4, -0.2) is 29.3 Å². The van der Waals surface area contributed by atoms with E-state index in [0.717, 1.165) is 6.07 Å². The van der Waals surface area contributed by atoms with Gasteiger partial charge in [-0.15, -0.1) is 5.10 Å². The topological polar surface area (TPSA) is 93.9 Å². The molecule has 3 rings (SSSR count). The maximum Gasteiger partial charge on any atom is 0.435 e. The fourth-order valence-corrected chi connectivity index (χ4v) is 5.01. The van der Waals surface area contributed by atoms with Gasteiger partial charge in [-0.2, -0.15) is 26.3 Å². The minimum Gasteiger partial charge on any atom is -0.266 e. The molecule has 7 nitrogen and oxygen atoms in total. The molecule has 0 bridgehead atoms. The highest BCUT2D eigenvalue weighted by Crippen LogP contribution is 2.36. The molecule has 0 aliphatic carbocycles. The van der Waals surface area contributed by atoms with E-state index in [-0.39, 0.29) is 25.9 Å². The van der Waals surface area contributed by atoms with E-state index in [9.17, 15) is 39.6 Å². The molecule has 1 N–H and O–H groups in total. The number of aryl methyl sites for hydroxylation is 1. The van der Waals surface area contributed by atoms with Crippen LogP contribution in [0, 0.1) is 6.92 Å². The molecule has 1 heterocycles. The van der Waals surface area contributed by atoms with Crippen LogP contribution < -0.4 is 4.72 Å². The smallest absolute Gasteiger partial charge is 0.266 e. The predicted molar refractivity (Wildman–Crippen MR) is 110 cm³/mol. The summed E-state index contributed by atoms with van der Waals surface area (Å²) in [6.07, 6.45) is -10.2. The highest BCUT2D eigenvalue weighted by atomic mass is 79.9. The van der Waals surface area contributed by atoms with Crippen LogP contribution in [0.15, 0.2) is 45.8 Å². The molecule has 1 aromatic heterocycles. The van der Waals surface area contributed by atoms with Crippen molar-refractivity contribution in [2.75, 3.05) is 0 Å². The molecule has 3 aromatic rings. The van der Waals surface area contributed by atoms with E-state index in [4.69, 9.17) is 11.6 Å². The molecule has 16 heteroatoms. The lowest BCUT2D eigenvalue weighted by molar-refractivity contribution is -0.143. The van der Waals surface area contributed by atoms with Crippen molar-refractivity contribution in [3.63, 3.8) is 0 Å². The van der Waals surface area contributed by atoms with Gasteiger partial charge in [0.15, 0.2) is 11.4 Å². The molecule has 34 heavy (non-hydrogen) atoms. The number of hydrogen-bond acceptors (Lipinski definition) is 5. The van der Waals surface area contributed by atoms with Crippen LogP contribution in [0.5, 0.6) is 0 Å². The average Bonchev–Trinajstić information content (AvgIpc) is 3.12. The maximum atomic E-state index is 13.8. The molecular weight excluding hydrogens is 582 g/mol. The molecule has 182 valence electrons. The summed E-state index contributed by atoms with van der Waals surface area (Å²) in [5, 5.41) is 6.26. The fraction of sp³-hybridized carbons (Fsp3) is 0.167. The number of nitrogens with one attached hydrogen (secondary N) is 1. The number of nitrogens with zero attached hydrogens (tertiary/aromatic N) is 3. The van der Waals surface area contributed by atoms with Gasteiger partial charge in [-0.3, -0.25) is 4.79 Å². The first-order valence-electron chi connectivity index (χ1n) is 8.75. The van der Waals surface area contributed by atoms with E-state index >= 15 is 0 Å². The van der Waals surface area contributed by atoms with Crippen molar-refractivity contribution in [2.45, 2.75) is 24.2 Å². The number of hydrogen-bond donors (Lipinski definition) is 1. The van der Waals surface area contributed by atoms with Gasteiger partial charge < -0.3 is 0 Å². The molecule has 0 radical (unpaired) electrons. The first-order chi connectivity index (χ1) is 15.5. The molecule has 0 fully saturated rings. The van der Waals surface area contributed by atoms with Crippen LogP contribution in [-0.2, 0) is 22.4 Å². The number of halogens is 8. The molecule has 1 amide bonds. The van der Waals surface area contributed by atoms with Crippen LogP contribution >= 0.6 is 27.5 Å². The number of carbonyl (C=O) groups excluding carboxylic acids is 1. The van der Waals surface area contributed by atoms with Crippen molar-refractivity contribution in [1.29, 1.82) is 0 Å². The van der Waals surface area contributed by atoms with Crippen LogP contribution in [0.1, 0.15) is 27.3 Å². The summed E-state index contributed by atoms with van der Waals surface area (Å²) >= 11 is 8.73. The van der Waals surface area contributed by atoms with Crippen molar-refractivity contribution < 1.29 is 39.6 Å². The molecule has 0 aliphatic heterocycles. The van der Waals surface area contributed by atoms with E-state index in [0.29, 0.717) is 11.6 Å². The highest BCUT2D eigenvalue weighted by Gasteiger charge is 2.43. The number of carbonyl (C=O) groups is 1. The molecule has 0 aliphatic rings. The van der Waals surface area contributed by atoms with Crippen LogP contribution in [0.25, 0.3) is 5.69 Å². The third-order valence-electron chi connectivity index (χ3n) is 4.26. The monoisotopic (exact) mass is 590 g/mol. The Bertz CT molecular complexity index is 1390. The van der Waals surface area contributed by atoms with Gasteiger partial charge in [0.25, 0.3) is 15.9 Å². The first-order valence-corrected chi connectivity index (χ1v) is 11.4. The summed E-state index contributed by atoms with van der Waals surface area (Å²) < 4.78 is 107. The maximum absolute atomic E-state index is 13.8. The summed E-state index contributed by atoms with van der Waals surface area (Å²) in [6.45, 7) is 1.62. The number of aromatic nitrogens is 3. The van der Waals surface area contributed by atoms with Crippen molar-refractivity contribution >= 4 is 43.5 Å². The molecule has 0 saturated heterocycles. The van der Waals surface area contributed by atoms with E-state index in [1.165, 1.54) is 22.9 Å². The normalized spacial score (nSPS) is 12.6. The third kappa shape index (κ3) is 5.20. The Labute approximate surface area is 200 Å². The Morgan fingerprint density at radius 3 is 2.26 bits per heavy atom. The Morgan fingerprint density at radius 1 is 1.06 bits per heavy atom. The minimum atomic E-state index is -5.25. The Balaban J connectivity index is 2.07. The molecule has 0 spiro atoms. The van der Waals surface area contributed by atoms with Gasteiger partial charge in [0.2, 0.25) is 0 Å². The summed E-state index contributed by atoms with van der Waals surface area (Å²) in [7, 11) is -5.07. The summed E-state index contributed by atoms with van der Waals surface area (Å²) in [4.78, 5) is 11.5. The largest absolute Gasteiger partial charge is 0.435 e. The van der Waals surface area contributed by atoms with Gasteiger partial charge in [-0.05, 0) is 58.7 Å². The van der Waals surface area contributed by atoms with E-state index in [1.807, 2.05) is 0 Å². The van der Waals surface area contributed by atoms with Crippen LogP contribution in [0.2, 0.25) is 5.02 Å². The van der Waals surface area contributed by atoms with Crippen molar-refractivity contribution in [1.82, 2.24) is 19.7 Å². The van der Waals surface area contributed by atoms with Gasteiger partial charge >= 0.3 is 12.4 Å². The third-order valence-corrected chi connectivity index (χ3v) is 6.89. The van der Waals surface area contributed by atoms with Crippen LogP contribution in [0.4, 0.5) is 26.3 Å². The quantitative estimate of drug-likeness (QED) is 0.424. The predicted octanol–water partition coefficient (Wildman–Crippen LogP) is 5.15. The number of benzene rings is 2. The van der Waals surface area contributed by atoms with Crippen molar-refractivity contribution in [2.24, 2.45) is 0 Å². The second-order valence-corrected chi connectivity index (χ2v) is 9.64. The van der Waals surface area contributed by atoms with Gasteiger partial charge in [-0.25, -0.2) is 17.8 Å². The number of amides is 1. The van der Waals surface area contributed by atoms with E-state index in [2.05, 4.69) is 26.2 Å². The molecular formula is C18H10BrClF6N4O3S. The van der Waals surface area contributed by atoms with Crippen molar-refractivity contribution in [3.05, 3.63) is 68.4 Å². The second kappa shape index (κ2) is 8.85. The average molecular weight is 592 g/mol. The summed E-state index contributed by atoms with van der Waals surface area (Å²) in [5.74, 6) is -1.87. The summed E-state index contributed by atoms with van der Waals surface area (Å²) in [6, 6.07) is 5.47. The number of sulfonamides is 1. The summed E-state index contributed by atoms with van der Waals surface area (Å²) in [5.41, 5.74) is -4.22. The van der Waals surface area contributed by atoms with Gasteiger partial charge in [0, 0.05) is 4.47 Å². The lowest BCUT2D eigenvalue weighted by Gasteiger charge is -2.14. The van der Waals surface area contributed by atoms with Gasteiger partial charge in [0.05, 0.1) is 16.3 Å². The Kier molecular flexibility index (Phi) is 6.76. The molecule has 0 atom stereocenters. The Morgan fingerprint density at radius 2 is 1.71 bits per heavy atom. The Hall–Kier alpha value is -2.65. The van der Waals surface area contributed by atoms with E-state index in [1.54, 1.807) is 6.92 Å². The molecule has 0 unspecified atom stereocenters. The molecule has 0 saturated carbocycles. The zero-order valence-corrected chi connectivity index (χ0v) is 19.6. The lowest BCUT2D eigenvalue weighted by atomic mass is 10.2. The first kappa shape index (κ1) is 26.0. The van der Waals surface area contributed by atoms with Gasteiger partial charge in [0.1, 0.15) is 4.90 Å². The highest BCUT2D eigenvalue weighted by molar-refractivity contribution is 9.10. The zero-order chi connectivity index (χ0) is 25.6. The van der Waals surface area contributed by atoms with Crippen molar-refractivity contribution in [3.8, 4) is 5.69 Å². The SMILES string of the molecule is Cc1ccc(-n2nnc(C(=O)NS(=O)(=O)c3cc(C(F)(F)F)ccc3Br)c2C(F)(F)F)c(Cl)c1. The standard InChI is InChI=1S/C18H10BrClF6N4O3S/c1-8-2-5-12(11(20)6-8)30-15(18(24,25)26)14(27-29-30)16(31)28-34(32,33)13-7-9(17(21,22)23)3-4-10(13)19/h2-7H,1H3,(H,28,31). The second-order valence-electron chi connectivity index (χ2n) is 6.73. The van der Waals surface area contributed by atoms with E-state index < -0.39 is 50.1 Å². The zero-order valence-electron chi connectivity index (χ0n) is 16.5. The van der Waals surface area contributed by atoms with Gasteiger partial charge in [-0.1, -0.05) is 22.9 Å². The van der Waals surface area contributed by atoms with Crippen LogP contribution in [0.3, 0.4) is 0 Å². The lowest BCUT2D eigenvalue weighted by Crippen LogP contribution is -2.33. The fourth-order valence-electron chi connectivity index (χ4n) is 2.75. The minimum absolute atomic E-state index is 0.164. The molecule has 2 aromatic carbocycles. The number of rotatable bonds is 4. The number of alkyl halides is 6.